The van der Waals surface area contributed by atoms with Crippen molar-refractivity contribution in [2.75, 3.05) is 26.2 Å². The molecule has 2 aliphatic rings. The molecule has 0 radical (unpaired) electrons. The summed E-state index contributed by atoms with van der Waals surface area (Å²) < 4.78 is 1.94. The van der Waals surface area contributed by atoms with Crippen molar-refractivity contribution in [1.29, 1.82) is 0 Å². The van der Waals surface area contributed by atoms with Gasteiger partial charge in [-0.05, 0) is 57.6 Å². The number of nitrogens with zero attached hydrogens (tertiary/aromatic N) is 3. The zero-order valence-electron chi connectivity index (χ0n) is 18.0. The molecule has 1 atom stereocenters. The zero-order valence-corrected chi connectivity index (χ0v) is 18.8. The maximum Gasteiger partial charge on any atom is 0.262 e. The molecule has 0 unspecified atom stereocenters. The molecule has 0 spiro atoms. The lowest BCUT2D eigenvalue weighted by Gasteiger charge is -2.34. The number of nitrogens with one attached hydrogen (secondary N) is 1. The van der Waals surface area contributed by atoms with Gasteiger partial charge in [-0.1, -0.05) is 13.8 Å². The molecule has 2 aromatic heterocycles. The fraction of sp³-hybridized carbons (Fsp3) is 0.682. The van der Waals surface area contributed by atoms with Crippen LogP contribution in [0.15, 0.2) is 4.79 Å². The second kappa shape index (κ2) is 8.19. The van der Waals surface area contributed by atoms with Crippen LogP contribution in [0.1, 0.15) is 67.8 Å². The fourth-order valence-electron chi connectivity index (χ4n) is 4.31. The first-order valence-corrected chi connectivity index (χ1v) is 11.7. The van der Waals surface area contributed by atoms with E-state index in [2.05, 4.69) is 31.0 Å². The van der Waals surface area contributed by atoms with Crippen LogP contribution in [0.4, 0.5) is 0 Å². The van der Waals surface area contributed by atoms with Crippen molar-refractivity contribution in [3.8, 4) is 0 Å². The molecule has 2 fully saturated rings. The van der Waals surface area contributed by atoms with Crippen LogP contribution in [0.3, 0.4) is 0 Å². The van der Waals surface area contributed by atoms with Crippen LogP contribution in [-0.2, 0) is 4.79 Å². The standard InChI is InChI=1S/C22H32N4O2S/c1-13(2)20-24-21-19(14(3)15(4)29-21)22(28)26(20)17-6-5-9-25(11-17)12-18(27)23-10-16-7-8-16/h13,16-17H,5-12H2,1-4H3,(H,23,27)/t17-/m1/s1. The van der Waals surface area contributed by atoms with Gasteiger partial charge in [0.2, 0.25) is 5.91 Å². The Labute approximate surface area is 176 Å². The summed E-state index contributed by atoms with van der Waals surface area (Å²) >= 11 is 1.61. The third-order valence-electron chi connectivity index (χ3n) is 6.28. The van der Waals surface area contributed by atoms with E-state index in [1.807, 2.05) is 11.5 Å². The van der Waals surface area contributed by atoms with Gasteiger partial charge in [0, 0.05) is 23.9 Å². The highest BCUT2D eigenvalue weighted by Gasteiger charge is 2.28. The Kier molecular flexibility index (Phi) is 5.80. The number of hydrogen-bond donors (Lipinski definition) is 1. The quantitative estimate of drug-likeness (QED) is 0.784. The maximum atomic E-state index is 13.5. The molecule has 2 aromatic rings. The van der Waals surface area contributed by atoms with E-state index >= 15 is 0 Å². The average molecular weight is 417 g/mol. The van der Waals surface area contributed by atoms with Gasteiger partial charge in [-0.3, -0.25) is 19.1 Å². The second-order valence-electron chi connectivity index (χ2n) is 9.04. The summed E-state index contributed by atoms with van der Waals surface area (Å²) in [6.45, 7) is 11.1. The number of carbonyl (C=O) groups excluding carboxylic acids is 1. The molecule has 0 bridgehead atoms. The van der Waals surface area contributed by atoms with Gasteiger partial charge in [0.25, 0.3) is 5.56 Å². The predicted molar refractivity (Wildman–Crippen MR) is 118 cm³/mol. The van der Waals surface area contributed by atoms with Crippen LogP contribution >= 0.6 is 11.3 Å². The fourth-order valence-corrected chi connectivity index (χ4v) is 5.33. The maximum absolute atomic E-state index is 13.5. The minimum Gasteiger partial charge on any atom is -0.355 e. The molecule has 7 heteroatoms. The van der Waals surface area contributed by atoms with Crippen LogP contribution in [0.25, 0.3) is 10.2 Å². The Morgan fingerprint density at radius 3 is 2.72 bits per heavy atom. The van der Waals surface area contributed by atoms with Crippen molar-refractivity contribution in [2.45, 2.75) is 65.3 Å². The van der Waals surface area contributed by atoms with Gasteiger partial charge in [-0.15, -0.1) is 11.3 Å². The molecule has 1 saturated carbocycles. The molecule has 1 N–H and O–H groups in total. The van der Waals surface area contributed by atoms with Gasteiger partial charge in [0.15, 0.2) is 0 Å². The SMILES string of the molecule is Cc1sc2nc(C(C)C)n([C@@H]3CCCN(CC(=O)NCC4CC4)C3)c(=O)c2c1C. The number of likely N-dealkylation sites (tertiary alicyclic amines) is 1. The van der Waals surface area contributed by atoms with Crippen LogP contribution in [0.5, 0.6) is 0 Å². The van der Waals surface area contributed by atoms with Gasteiger partial charge in [0.05, 0.1) is 18.0 Å². The van der Waals surface area contributed by atoms with Gasteiger partial charge in [0.1, 0.15) is 10.7 Å². The smallest absolute Gasteiger partial charge is 0.262 e. The number of piperidine rings is 1. The molecule has 1 saturated heterocycles. The van der Waals surface area contributed by atoms with E-state index in [-0.39, 0.29) is 23.4 Å². The van der Waals surface area contributed by atoms with E-state index in [9.17, 15) is 9.59 Å². The summed E-state index contributed by atoms with van der Waals surface area (Å²) in [6, 6.07) is 0.0707. The van der Waals surface area contributed by atoms with Crippen molar-refractivity contribution in [3.05, 3.63) is 26.6 Å². The number of rotatable bonds is 6. The number of aromatic nitrogens is 2. The first-order chi connectivity index (χ1) is 13.8. The lowest BCUT2D eigenvalue weighted by molar-refractivity contribution is -0.122. The van der Waals surface area contributed by atoms with Gasteiger partial charge in [-0.25, -0.2) is 4.98 Å². The Balaban J connectivity index is 1.59. The second-order valence-corrected chi connectivity index (χ2v) is 10.2. The first kappa shape index (κ1) is 20.5. The van der Waals surface area contributed by atoms with Crippen LogP contribution < -0.4 is 10.9 Å². The number of amides is 1. The van der Waals surface area contributed by atoms with Crippen molar-refractivity contribution in [1.82, 2.24) is 19.8 Å². The largest absolute Gasteiger partial charge is 0.355 e. The summed E-state index contributed by atoms with van der Waals surface area (Å²) in [5.41, 5.74) is 1.14. The monoisotopic (exact) mass is 416 g/mol. The van der Waals surface area contributed by atoms with Crippen LogP contribution in [0, 0.1) is 19.8 Å². The summed E-state index contributed by atoms with van der Waals surface area (Å²) in [7, 11) is 0. The average Bonchev–Trinajstić information content (AvgIpc) is 3.45. The lowest BCUT2D eigenvalue weighted by atomic mass is 10.0. The van der Waals surface area contributed by atoms with E-state index in [0.29, 0.717) is 12.5 Å². The third-order valence-corrected chi connectivity index (χ3v) is 7.38. The molecule has 1 amide bonds. The Hall–Kier alpha value is -1.73. The summed E-state index contributed by atoms with van der Waals surface area (Å²) in [4.78, 5) is 35.0. The van der Waals surface area contributed by atoms with Crippen LogP contribution in [0.2, 0.25) is 0 Å². The number of carbonyl (C=O) groups is 1. The van der Waals surface area contributed by atoms with E-state index < -0.39 is 0 Å². The minimum absolute atomic E-state index is 0.0707. The molecule has 29 heavy (non-hydrogen) atoms. The zero-order chi connectivity index (χ0) is 20.7. The highest BCUT2D eigenvalue weighted by molar-refractivity contribution is 7.18. The number of fused-ring (bicyclic) bond motifs is 1. The topological polar surface area (TPSA) is 67.2 Å². The Morgan fingerprint density at radius 2 is 2.03 bits per heavy atom. The van der Waals surface area contributed by atoms with E-state index in [0.717, 1.165) is 59.0 Å². The third kappa shape index (κ3) is 4.26. The summed E-state index contributed by atoms with van der Waals surface area (Å²) in [6.07, 6.45) is 4.42. The molecule has 6 nitrogen and oxygen atoms in total. The van der Waals surface area contributed by atoms with Gasteiger partial charge < -0.3 is 5.32 Å². The highest BCUT2D eigenvalue weighted by Crippen LogP contribution is 2.30. The van der Waals surface area contributed by atoms with Crippen molar-refractivity contribution >= 4 is 27.5 Å². The molecular weight excluding hydrogens is 384 g/mol. The molecule has 0 aromatic carbocycles. The van der Waals surface area contributed by atoms with Crippen molar-refractivity contribution < 1.29 is 4.79 Å². The molecule has 1 aliphatic carbocycles. The lowest BCUT2D eigenvalue weighted by Crippen LogP contribution is -2.45. The normalized spacial score (nSPS) is 20.5. The predicted octanol–water partition coefficient (Wildman–Crippen LogP) is 3.36. The highest BCUT2D eigenvalue weighted by atomic mass is 32.1. The molecule has 158 valence electrons. The van der Waals surface area contributed by atoms with E-state index in [1.54, 1.807) is 11.3 Å². The van der Waals surface area contributed by atoms with Crippen molar-refractivity contribution in [3.63, 3.8) is 0 Å². The van der Waals surface area contributed by atoms with Crippen molar-refractivity contribution in [2.24, 2.45) is 5.92 Å². The Bertz CT molecular complexity index is 973. The molecule has 1 aliphatic heterocycles. The summed E-state index contributed by atoms with van der Waals surface area (Å²) in [5.74, 6) is 1.84. The van der Waals surface area contributed by atoms with Crippen LogP contribution in [-0.4, -0.2) is 46.5 Å². The minimum atomic E-state index is 0.0707. The molecular formula is C22H32N4O2S. The number of hydrogen-bond acceptors (Lipinski definition) is 5. The van der Waals surface area contributed by atoms with Gasteiger partial charge in [-0.2, -0.15) is 0 Å². The number of aryl methyl sites for hydroxylation is 2. The van der Waals surface area contributed by atoms with Gasteiger partial charge >= 0.3 is 0 Å². The number of thiophene rings is 1. The van der Waals surface area contributed by atoms with E-state index in [4.69, 9.17) is 4.98 Å². The molecule has 3 heterocycles. The Morgan fingerprint density at radius 1 is 1.28 bits per heavy atom. The first-order valence-electron chi connectivity index (χ1n) is 10.9. The van der Waals surface area contributed by atoms with E-state index in [1.165, 1.54) is 12.8 Å². The molecule has 4 rings (SSSR count). The summed E-state index contributed by atoms with van der Waals surface area (Å²) in [5, 5.41) is 3.84.